The van der Waals surface area contributed by atoms with Gasteiger partial charge in [0.05, 0.1) is 0 Å². The Kier molecular flexibility index (Phi) is 5.92. The van der Waals surface area contributed by atoms with Crippen molar-refractivity contribution in [1.82, 2.24) is 5.32 Å². The number of nitrogens with one attached hydrogen (secondary N) is 1. The number of phenolic OH excluding ortho intramolecular Hbond substituents is 1. The van der Waals surface area contributed by atoms with Crippen molar-refractivity contribution in [2.75, 3.05) is 25.0 Å². The molecule has 0 saturated heterocycles. The average Bonchev–Trinajstić information content (AvgIpc) is 2.49. The Morgan fingerprint density at radius 3 is 2.52 bits per heavy atom. The monoisotopic (exact) mass is 290 g/mol. The second kappa shape index (κ2) is 7.69. The molecule has 3 unspecified atom stereocenters. The van der Waals surface area contributed by atoms with Crippen molar-refractivity contribution >= 4 is 5.69 Å². The van der Waals surface area contributed by atoms with Gasteiger partial charge in [0, 0.05) is 25.3 Å². The van der Waals surface area contributed by atoms with Crippen LogP contribution in [0.15, 0.2) is 24.3 Å². The van der Waals surface area contributed by atoms with E-state index in [1.54, 1.807) is 12.1 Å². The molecule has 2 rings (SSSR count). The second-order valence-electron chi connectivity index (χ2n) is 6.41. The lowest BCUT2D eigenvalue weighted by atomic mass is 9.76. The normalized spacial score (nSPS) is 25.8. The Morgan fingerprint density at radius 2 is 1.90 bits per heavy atom. The van der Waals surface area contributed by atoms with Gasteiger partial charge >= 0.3 is 0 Å². The largest absolute Gasteiger partial charge is 0.508 e. The maximum atomic E-state index is 9.41. The number of anilines is 1. The van der Waals surface area contributed by atoms with E-state index in [2.05, 4.69) is 31.1 Å². The number of rotatable bonds is 6. The Bertz CT molecular complexity index is 418. The summed E-state index contributed by atoms with van der Waals surface area (Å²) in [7, 11) is 2.16. The molecule has 0 aliphatic heterocycles. The molecule has 2 N–H and O–H groups in total. The Hall–Kier alpha value is -1.22. The van der Waals surface area contributed by atoms with Crippen LogP contribution >= 0.6 is 0 Å². The third kappa shape index (κ3) is 4.37. The second-order valence-corrected chi connectivity index (χ2v) is 6.41. The minimum Gasteiger partial charge on any atom is -0.508 e. The Balaban J connectivity index is 2.00. The summed E-state index contributed by atoms with van der Waals surface area (Å²) >= 11 is 0. The number of hydrogen-bond acceptors (Lipinski definition) is 3. The van der Waals surface area contributed by atoms with Crippen molar-refractivity contribution in [3.63, 3.8) is 0 Å². The van der Waals surface area contributed by atoms with Crippen LogP contribution in [-0.4, -0.2) is 31.3 Å². The van der Waals surface area contributed by atoms with Gasteiger partial charge < -0.3 is 15.3 Å². The topological polar surface area (TPSA) is 35.5 Å². The maximum absolute atomic E-state index is 9.41. The Morgan fingerprint density at radius 1 is 1.19 bits per heavy atom. The minimum atomic E-state index is 0.335. The SMILES string of the molecule is CCNC1CCC(CC)CC1CN(C)c1ccc(O)cc1. The van der Waals surface area contributed by atoms with Crippen molar-refractivity contribution in [2.24, 2.45) is 11.8 Å². The van der Waals surface area contributed by atoms with Gasteiger partial charge in [-0.25, -0.2) is 0 Å². The molecule has 1 aromatic rings. The number of benzene rings is 1. The highest BCUT2D eigenvalue weighted by Crippen LogP contribution is 2.32. The van der Waals surface area contributed by atoms with Gasteiger partial charge in [0.15, 0.2) is 0 Å². The van der Waals surface area contributed by atoms with Crippen LogP contribution in [0.5, 0.6) is 5.75 Å². The number of hydrogen-bond donors (Lipinski definition) is 2. The van der Waals surface area contributed by atoms with E-state index in [0.717, 1.165) is 19.0 Å². The minimum absolute atomic E-state index is 0.335. The smallest absolute Gasteiger partial charge is 0.115 e. The molecule has 0 heterocycles. The highest BCUT2D eigenvalue weighted by Gasteiger charge is 2.29. The summed E-state index contributed by atoms with van der Waals surface area (Å²) in [6.45, 7) is 6.66. The van der Waals surface area contributed by atoms with Crippen LogP contribution < -0.4 is 10.2 Å². The standard InChI is InChI=1S/C18H30N2O/c1-4-14-6-11-18(19-5-2)15(12-14)13-20(3)16-7-9-17(21)10-8-16/h7-10,14-15,18-19,21H,4-6,11-13H2,1-3H3. The van der Waals surface area contributed by atoms with E-state index in [1.807, 2.05) is 12.1 Å². The molecule has 21 heavy (non-hydrogen) atoms. The van der Waals surface area contributed by atoms with Crippen LogP contribution in [0, 0.1) is 11.8 Å². The predicted molar refractivity (Wildman–Crippen MR) is 90.0 cm³/mol. The van der Waals surface area contributed by atoms with E-state index in [4.69, 9.17) is 0 Å². The molecule has 118 valence electrons. The van der Waals surface area contributed by atoms with Gasteiger partial charge in [-0.3, -0.25) is 0 Å². The molecule has 3 heteroatoms. The zero-order valence-corrected chi connectivity index (χ0v) is 13.7. The Labute approximate surface area is 129 Å². The lowest BCUT2D eigenvalue weighted by Crippen LogP contribution is -2.45. The van der Waals surface area contributed by atoms with Gasteiger partial charge in [-0.15, -0.1) is 0 Å². The summed E-state index contributed by atoms with van der Waals surface area (Å²) in [6.07, 6.45) is 5.31. The number of aromatic hydroxyl groups is 1. The molecule has 0 amide bonds. The molecule has 0 radical (unpaired) electrons. The van der Waals surface area contributed by atoms with E-state index in [0.29, 0.717) is 17.7 Å². The lowest BCUT2D eigenvalue weighted by molar-refractivity contribution is 0.204. The van der Waals surface area contributed by atoms with E-state index in [1.165, 1.54) is 31.4 Å². The molecule has 0 aromatic heterocycles. The van der Waals surface area contributed by atoms with E-state index in [-0.39, 0.29) is 0 Å². The van der Waals surface area contributed by atoms with Crippen LogP contribution in [-0.2, 0) is 0 Å². The van der Waals surface area contributed by atoms with Crippen molar-refractivity contribution in [2.45, 2.75) is 45.6 Å². The zero-order valence-electron chi connectivity index (χ0n) is 13.7. The molecule has 1 aliphatic carbocycles. The first-order chi connectivity index (χ1) is 10.1. The molecular weight excluding hydrogens is 260 g/mol. The summed E-state index contributed by atoms with van der Waals surface area (Å²) in [5.74, 6) is 1.93. The zero-order chi connectivity index (χ0) is 15.2. The molecule has 1 saturated carbocycles. The molecule has 1 aromatic carbocycles. The molecule has 1 aliphatic rings. The van der Waals surface area contributed by atoms with Gasteiger partial charge in [0.25, 0.3) is 0 Å². The van der Waals surface area contributed by atoms with Crippen molar-refractivity contribution in [3.8, 4) is 5.75 Å². The van der Waals surface area contributed by atoms with Crippen molar-refractivity contribution in [3.05, 3.63) is 24.3 Å². The highest BCUT2D eigenvalue weighted by molar-refractivity contribution is 5.48. The average molecular weight is 290 g/mol. The first-order valence-electron chi connectivity index (χ1n) is 8.37. The van der Waals surface area contributed by atoms with E-state index >= 15 is 0 Å². The van der Waals surface area contributed by atoms with Gasteiger partial charge in [0.2, 0.25) is 0 Å². The number of phenols is 1. The molecule has 0 spiro atoms. The number of nitrogens with zero attached hydrogens (tertiary/aromatic N) is 1. The van der Waals surface area contributed by atoms with Crippen molar-refractivity contribution in [1.29, 1.82) is 0 Å². The van der Waals surface area contributed by atoms with E-state index < -0.39 is 0 Å². The van der Waals surface area contributed by atoms with Gasteiger partial charge in [0.1, 0.15) is 5.75 Å². The predicted octanol–water partition coefficient (Wildman–Crippen LogP) is 3.63. The fourth-order valence-electron chi connectivity index (χ4n) is 3.63. The first-order valence-corrected chi connectivity index (χ1v) is 8.37. The molecule has 3 atom stereocenters. The third-order valence-corrected chi connectivity index (χ3v) is 4.93. The summed E-state index contributed by atoms with van der Waals surface area (Å²) in [5, 5.41) is 13.1. The van der Waals surface area contributed by atoms with E-state index in [9.17, 15) is 5.11 Å². The van der Waals surface area contributed by atoms with Crippen molar-refractivity contribution < 1.29 is 5.11 Å². The van der Waals surface area contributed by atoms with Crippen LogP contribution in [0.1, 0.15) is 39.5 Å². The molecular formula is C18H30N2O. The van der Waals surface area contributed by atoms with Crippen LogP contribution in [0.4, 0.5) is 5.69 Å². The molecule has 0 bridgehead atoms. The van der Waals surface area contributed by atoms with Gasteiger partial charge in [-0.2, -0.15) is 0 Å². The highest BCUT2D eigenvalue weighted by atomic mass is 16.3. The summed E-state index contributed by atoms with van der Waals surface area (Å²) in [5.41, 5.74) is 1.18. The van der Waals surface area contributed by atoms with Crippen LogP contribution in [0.25, 0.3) is 0 Å². The third-order valence-electron chi connectivity index (χ3n) is 4.93. The fourth-order valence-corrected chi connectivity index (χ4v) is 3.63. The lowest BCUT2D eigenvalue weighted by Gasteiger charge is -2.39. The van der Waals surface area contributed by atoms with Crippen LogP contribution in [0.2, 0.25) is 0 Å². The van der Waals surface area contributed by atoms with Gasteiger partial charge in [-0.1, -0.05) is 20.3 Å². The summed E-state index contributed by atoms with van der Waals surface area (Å²) in [6, 6.07) is 8.18. The van der Waals surface area contributed by atoms with Crippen LogP contribution in [0.3, 0.4) is 0 Å². The fraction of sp³-hybridized carbons (Fsp3) is 0.667. The summed E-state index contributed by atoms with van der Waals surface area (Å²) < 4.78 is 0. The molecule has 3 nitrogen and oxygen atoms in total. The maximum Gasteiger partial charge on any atom is 0.115 e. The quantitative estimate of drug-likeness (QED) is 0.840. The first kappa shape index (κ1) is 16.2. The molecule has 1 fully saturated rings. The van der Waals surface area contributed by atoms with Gasteiger partial charge in [-0.05, 0) is 61.9 Å². The summed E-state index contributed by atoms with van der Waals surface area (Å²) in [4.78, 5) is 2.33.